The van der Waals surface area contributed by atoms with Crippen LogP contribution < -0.4 is 0 Å². The zero-order chi connectivity index (χ0) is 13.9. The molecule has 2 rings (SSSR count). The number of nitrogens with zero attached hydrogens (tertiary/aromatic N) is 3. The third kappa shape index (κ3) is 5.38. The standard InChI is InChI=1S/C15H31N3O/c1-15(2,3)19-10-9-18-12-14(13-18)11-17-7-5-16(4)6-8-17/h14H,5-13H2,1-4H3. The summed E-state index contributed by atoms with van der Waals surface area (Å²) in [6.45, 7) is 17.1. The highest BCUT2D eigenvalue weighted by Crippen LogP contribution is 2.17. The molecule has 0 unspecified atom stereocenters. The van der Waals surface area contributed by atoms with E-state index in [9.17, 15) is 0 Å². The molecule has 0 aromatic rings. The molecule has 0 radical (unpaired) electrons. The molecule has 0 aromatic heterocycles. The quantitative estimate of drug-likeness (QED) is 0.740. The molecule has 0 aliphatic carbocycles. The van der Waals surface area contributed by atoms with Gasteiger partial charge in [0.05, 0.1) is 12.2 Å². The molecule has 0 amide bonds. The third-order valence-corrected chi connectivity index (χ3v) is 4.09. The molecule has 0 aromatic carbocycles. The van der Waals surface area contributed by atoms with E-state index in [0.29, 0.717) is 0 Å². The van der Waals surface area contributed by atoms with Gasteiger partial charge >= 0.3 is 0 Å². The highest BCUT2D eigenvalue weighted by atomic mass is 16.5. The maximum atomic E-state index is 5.78. The first-order chi connectivity index (χ1) is 8.92. The summed E-state index contributed by atoms with van der Waals surface area (Å²) in [7, 11) is 2.22. The minimum atomic E-state index is 0.00406. The monoisotopic (exact) mass is 269 g/mol. The average molecular weight is 269 g/mol. The Balaban J connectivity index is 1.52. The van der Waals surface area contributed by atoms with Gasteiger partial charge in [0, 0.05) is 52.4 Å². The lowest BCUT2D eigenvalue weighted by molar-refractivity contribution is -0.0317. The van der Waals surface area contributed by atoms with E-state index in [1.165, 1.54) is 45.8 Å². The van der Waals surface area contributed by atoms with Gasteiger partial charge in [0.25, 0.3) is 0 Å². The van der Waals surface area contributed by atoms with Gasteiger partial charge in [0.1, 0.15) is 0 Å². The van der Waals surface area contributed by atoms with Gasteiger partial charge in [-0.3, -0.25) is 0 Å². The lowest BCUT2D eigenvalue weighted by Gasteiger charge is -2.43. The van der Waals surface area contributed by atoms with Crippen LogP contribution in [0.5, 0.6) is 0 Å². The van der Waals surface area contributed by atoms with Crippen molar-refractivity contribution in [1.29, 1.82) is 0 Å². The van der Waals surface area contributed by atoms with Gasteiger partial charge in [-0.2, -0.15) is 0 Å². The Hall–Kier alpha value is -0.160. The van der Waals surface area contributed by atoms with Crippen molar-refractivity contribution in [2.45, 2.75) is 26.4 Å². The van der Waals surface area contributed by atoms with E-state index in [2.05, 4.69) is 42.5 Å². The predicted octanol–water partition coefficient (Wildman–Crippen LogP) is 0.981. The van der Waals surface area contributed by atoms with Crippen molar-refractivity contribution in [3.8, 4) is 0 Å². The van der Waals surface area contributed by atoms with Crippen LogP contribution in [0.2, 0.25) is 0 Å². The van der Waals surface area contributed by atoms with Gasteiger partial charge in [0.2, 0.25) is 0 Å². The summed E-state index contributed by atoms with van der Waals surface area (Å²) in [6.07, 6.45) is 0. The van der Waals surface area contributed by atoms with E-state index in [1.54, 1.807) is 0 Å². The first-order valence-corrected chi connectivity index (χ1v) is 7.69. The second-order valence-corrected chi connectivity index (χ2v) is 7.19. The minimum absolute atomic E-state index is 0.00406. The van der Waals surface area contributed by atoms with Crippen molar-refractivity contribution in [3.63, 3.8) is 0 Å². The molecule has 4 nitrogen and oxygen atoms in total. The molecule has 0 saturated carbocycles. The molecule has 0 spiro atoms. The van der Waals surface area contributed by atoms with Crippen molar-refractivity contribution in [3.05, 3.63) is 0 Å². The molecule has 2 aliphatic heterocycles. The minimum Gasteiger partial charge on any atom is -0.375 e. The van der Waals surface area contributed by atoms with E-state index in [4.69, 9.17) is 4.74 Å². The number of ether oxygens (including phenoxy) is 1. The van der Waals surface area contributed by atoms with Crippen LogP contribution in [0.1, 0.15) is 20.8 Å². The van der Waals surface area contributed by atoms with Crippen LogP contribution in [0.15, 0.2) is 0 Å². The van der Waals surface area contributed by atoms with Crippen LogP contribution in [0.25, 0.3) is 0 Å². The molecule has 4 heteroatoms. The molecule has 2 aliphatic rings. The molecule has 19 heavy (non-hydrogen) atoms. The normalized spacial score (nSPS) is 24.6. The average Bonchev–Trinajstić information content (AvgIpc) is 2.26. The fourth-order valence-corrected chi connectivity index (χ4v) is 2.85. The lowest BCUT2D eigenvalue weighted by Crippen LogP contribution is -2.55. The SMILES string of the molecule is CN1CCN(CC2CN(CCOC(C)(C)C)C2)CC1. The van der Waals surface area contributed by atoms with Crippen LogP contribution in [0, 0.1) is 5.92 Å². The van der Waals surface area contributed by atoms with Gasteiger partial charge in [-0.1, -0.05) is 0 Å². The van der Waals surface area contributed by atoms with Gasteiger partial charge in [0.15, 0.2) is 0 Å². The Morgan fingerprint density at radius 3 is 2.21 bits per heavy atom. The first kappa shape index (κ1) is 15.2. The van der Waals surface area contributed by atoms with Crippen molar-refractivity contribution < 1.29 is 4.74 Å². The fraction of sp³-hybridized carbons (Fsp3) is 1.00. The van der Waals surface area contributed by atoms with Crippen molar-refractivity contribution in [2.24, 2.45) is 5.92 Å². The number of likely N-dealkylation sites (N-methyl/N-ethyl adjacent to an activating group) is 1. The van der Waals surface area contributed by atoms with E-state index in [-0.39, 0.29) is 5.60 Å². The van der Waals surface area contributed by atoms with Crippen molar-refractivity contribution in [2.75, 3.05) is 66.0 Å². The van der Waals surface area contributed by atoms with Crippen LogP contribution in [-0.4, -0.2) is 86.3 Å². The molecule has 0 atom stereocenters. The second-order valence-electron chi connectivity index (χ2n) is 7.19. The van der Waals surface area contributed by atoms with Gasteiger partial charge in [-0.15, -0.1) is 0 Å². The topological polar surface area (TPSA) is 19.0 Å². The zero-order valence-electron chi connectivity index (χ0n) is 13.2. The van der Waals surface area contributed by atoms with Crippen LogP contribution in [0.4, 0.5) is 0 Å². The predicted molar refractivity (Wildman–Crippen MR) is 79.6 cm³/mol. The molecule has 0 N–H and O–H groups in total. The van der Waals surface area contributed by atoms with Crippen molar-refractivity contribution >= 4 is 0 Å². The van der Waals surface area contributed by atoms with E-state index >= 15 is 0 Å². The summed E-state index contributed by atoms with van der Waals surface area (Å²) < 4.78 is 5.78. The maximum absolute atomic E-state index is 5.78. The Labute approximate surface area is 118 Å². The van der Waals surface area contributed by atoms with Crippen LogP contribution in [0.3, 0.4) is 0 Å². The Bertz CT molecular complexity index is 263. The summed E-state index contributed by atoms with van der Waals surface area (Å²) in [5.74, 6) is 0.887. The lowest BCUT2D eigenvalue weighted by atomic mass is 9.99. The maximum Gasteiger partial charge on any atom is 0.0600 e. The summed E-state index contributed by atoms with van der Waals surface area (Å²) in [5.41, 5.74) is 0.00406. The van der Waals surface area contributed by atoms with Crippen LogP contribution >= 0.6 is 0 Å². The third-order valence-electron chi connectivity index (χ3n) is 4.09. The number of hydrogen-bond donors (Lipinski definition) is 0. The van der Waals surface area contributed by atoms with E-state index in [0.717, 1.165) is 19.1 Å². The Kier molecular flexibility index (Phi) is 5.23. The van der Waals surface area contributed by atoms with E-state index < -0.39 is 0 Å². The summed E-state index contributed by atoms with van der Waals surface area (Å²) >= 11 is 0. The van der Waals surface area contributed by atoms with Gasteiger partial charge in [-0.25, -0.2) is 0 Å². The molecule has 2 fully saturated rings. The number of piperazine rings is 1. The number of hydrogen-bond acceptors (Lipinski definition) is 4. The van der Waals surface area contributed by atoms with E-state index in [1.807, 2.05) is 0 Å². The Morgan fingerprint density at radius 2 is 1.63 bits per heavy atom. The summed E-state index contributed by atoms with van der Waals surface area (Å²) in [6, 6.07) is 0. The molecule has 2 saturated heterocycles. The van der Waals surface area contributed by atoms with Crippen LogP contribution in [-0.2, 0) is 4.74 Å². The fourth-order valence-electron chi connectivity index (χ4n) is 2.85. The smallest absolute Gasteiger partial charge is 0.0600 e. The summed E-state index contributed by atoms with van der Waals surface area (Å²) in [5, 5.41) is 0. The number of rotatable bonds is 5. The molecular formula is C15H31N3O. The van der Waals surface area contributed by atoms with Crippen molar-refractivity contribution in [1.82, 2.24) is 14.7 Å². The van der Waals surface area contributed by atoms with Gasteiger partial charge < -0.3 is 19.4 Å². The summed E-state index contributed by atoms with van der Waals surface area (Å²) in [4.78, 5) is 7.58. The highest BCUT2D eigenvalue weighted by molar-refractivity contribution is 4.83. The van der Waals surface area contributed by atoms with Gasteiger partial charge in [-0.05, 0) is 33.7 Å². The molecule has 0 bridgehead atoms. The second kappa shape index (κ2) is 6.53. The molecular weight excluding hydrogens is 238 g/mol. The molecule has 2 heterocycles. The molecule has 112 valence electrons. The number of likely N-dealkylation sites (tertiary alicyclic amines) is 1. The Morgan fingerprint density at radius 1 is 1.00 bits per heavy atom. The largest absolute Gasteiger partial charge is 0.375 e. The first-order valence-electron chi connectivity index (χ1n) is 7.69. The zero-order valence-corrected chi connectivity index (χ0v) is 13.2. The highest BCUT2D eigenvalue weighted by Gasteiger charge is 2.29.